The van der Waals surface area contributed by atoms with Crippen molar-refractivity contribution in [3.63, 3.8) is 0 Å². The van der Waals surface area contributed by atoms with Gasteiger partial charge in [0.25, 0.3) is 0 Å². The third-order valence-corrected chi connectivity index (χ3v) is 3.71. The van der Waals surface area contributed by atoms with Crippen molar-refractivity contribution < 1.29 is 14.2 Å². The molecule has 1 aromatic rings. The number of benzene rings is 1. The molecule has 1 saturated carbocycles. The molecule has 3 rings (SSSR count). The monoisotopic (exact) mass is 263 g/mol. The van der Waals surface area contributed by atoms with Crippen LogP contribution in [0.1, 0.15) is 32.6 Å². The lowest BCUT2D eigenvalue weighted by Gasteiger charge is -2.15. The summed E-state index contributed by atoms with van der Waals surface area (Å²) >= 11 is 0. The predicted octanol–water partition coefficient (Wildman–Crippen LogP) is 2.71. The lowest BCUT2D eigenvalue weighted by molar-refractivity contribution is 0.173. The lowest BCUT2D eigenvalue weighted by atomic mass is 10.2. The Morgan fingerprint density at radius 2 is 2.16 bits per heavy atom. The Morgan fingerprint density at radius 3 is 3.05 bits per heavy atom. The fraction of sp³-hybridized carbons (Fsp3) is 0.600. The summed E-state index contributed by atoms with van der Waals surface area (Å²) in [7, 11) is 0. The van der Waals surface area contributed by atoms with Crippen LogP contribution in [0.15, 0.2) is 18.2 Å². The van der Waals surface area contributed by atoms with Crippen LogP contribution in [0.4, 0.5) is 0 Å². The van der Waals surface area contributed by atoms with Crippen molar-refractivity contribution >= 4 is 0 Å². The van der Waals surface area contributed by atoms with E-state index in [-0.39, 0.29) is 0 Å². The number of nitrogens with one attached hydrogen (secondary N) is 1. The van der Waals surface area contributed by atoms with Gasteiger partial charge in [-0.05, 0) is 44.4 Å². The normalized spacial score (nSPS) is 24.7. The van der Waals surface area contributed by atoms with E-state index in [1.54, 1.807) is 0 Å². The SMILES string of the molecule is CCCNC1CCC(Oc2ccc3c(c2)OCO3)C1. The van der Waals surface area contributed by atoms with Crippen molar-refractivity contribution in [2.24, 2.45) is 0 Å². The van der Waals surface area contributed by atoms with Crippen LogP contribution in [0.2, 0.25) is 0 Å². The van der Waals surface area contributed by atoms with E-state index < -0.39 is 0 Å². The molecule has 4 nitrogen and oxygen atoms in total. The van der Waals surface area contributed by atoms with Gasteiger partial charge in [0, 0.05) is 12.1 Å². The van der Waals surface area contributed by atoms with Gasteiger partial charge in [-0.15, -0.1) is 0 Å². The number of rotatable bonds is 5. The Hall–Kier alpha value is -1.42. The minimum Gasteiger partial charge on any atom is -0.490 e. The largest absolute Gasteiger partial charge is 0.490 e. The third-order valence-electron chi connectivity index (χ3n) is 3.71. The Labute approximate surface area is 114 Å². The Bertz CT molecular complexity index is 435. The fourth-order valence-corrected chi connectivity index (χ4v) is 2.72. The number of fused-ring (bicyclic) bond motifs is 1. The van der Waals surface area contributed by atoms with Crippen molar-refractivity contribution in [3.8, 4) is 17.2 Å². The zero-order valence-corrected chi connectivity index (χ0v) is 11.4. The topological polar surface area (TPSA) is 39.7 Å². The summed E-state index contributed by atoms with van der Waals surface area (Å²) in [4.78, 5) is 0. The van der Waals surface area contributed by atoms with Crippen LogP contribution >= 0.6 is 0 Å². The second-order valence-corrected chi connectivity index (χ2v) is 5.22. The van der Waals surface area contributed by atoms with E-state index in [0.29, 0.717) is 18.9 Å². The highest BCUT2D eigenvalue weighted by Crippen LogP contribution is 2.36. The van der Waals surface area contributed by atoms with Gasteiger partial charge in [0.1, 0.15) is 11.9 Å². The molecule has 1 heterocycles. The molecule has 1 N–H and O–H groups in total. The minimum absolute atomic E-state index is 0.311. The maximum atomic E-state index is 6.04. The molecule has 0 radical (unpaired) electrons. The lowest BCUT2D eigenvalue weighted by Crippen LogP contribution is -2.28. The maximum absolute atomic E-state index is 6.04. The summed E-state index contributed by atoms with van der Waals surface area (Å²) in [5.74, 6) is 2.47. The molecule has 2 atom stereocenters. The van der Waals surface area contributed by atoms with Crippen LogP contribution in [0.5, 0.6) is 17.2 Å². The summed E-state index contributed by atoms with van der Waals surface area (Å²) in [5.41, 5.74) is 0. The van der Waals surface area contributed by atoms with Crippen molar-refractivity contribution in [1.29, 1.82) is 0 Å². The third kappa shape index (κ3) is 2.95. The van der Waals surface area contributed by atoms with Gasteiger partial charge < -0.3 is 19.5 Å². The van der Waals surface area contributed by atoms with Crippen LogP contribution in [0.25, 0.3) is 0 Å². The molecule has 0 amide bonds. The summed E-state index contributed by atoms with van der Waals surface area (Å²) in [6.07, 6.45) is 4.92. The molecule has 1 aliphatic carbocycles. The Morgan fingerprint density at radius 1 is 1.26 bits per heavy atom. The van der Waals surface area contributed by atoms with E-state index in [0.717, 1.165) is 36.6 Å². The van der Waals surface area contributed by atoms with Gasteiger partial charge in [-0.2, -0.15) is 0 Å². The van der Waals surface area contributed by atoms with E-state index in [1.807, 2.05) is 18.2 Å². The highest BCUT2D eigenvalue weighted by atomic mass is 16.7. The molecule has 1 aliphatic heterocycles. The molecule has 2 unspecified atom stereocenters. The first-order valence-corrected chi connectivity index (χ1v) is 7.15. The van der Waals surface area contributed by atoms with Crippen molar-refractivity contribution in [3.05, 3.63) is 18.2 Å². The Balaban J connectivity index is 1.54. The van der Waals surface area contributed by atoms with Crippen molar-refractivity contribution in [2.45, 2.75) is 44.8 Å². The molecule has 0 bridgehead atoms. The van der Waals surface area contributed by atoms with Crippen molar-refractivity contribution in [1.82, 2.24) is 5.32 Å². The zero-order chi connectivity index (χ0) is 13.1. The summed E-state index contributed by atoms with van der Waals surface area (Å²) in [5, 5.41) is 3.56. The first kappa shape index (κ1) is 12.6. The summed E-state index contributed by atoms with van der Waals surface area (Å²) < 4.78 is 16.7. The Kier molecular flexibility index (Phi) is 3.78. The van der Waals surface area contributed by atoms with Crippen LogP contribution < -0.4 is 19.5 Å². The van der Waals surface area contributed by atoms with Gasteiger partial charge in [0.05, 0.1) is 0 Å². The van der Waals surface area contributed by atoms with E-state index in [4.69, 9.17) is 14.2 Å². The number of hydrogen-bond acceptors (Lipinski definition) is 4. The molecule has 4 heteroatoms. The van der Waals surface area contributed by atoms with Crippen LogP contribution in [-0.4, -0.2) is 25.5 Å². The van der Waals surface area contributed by atoms with E-state index in [9.17, 15) is 0 Å². The standard InChI is InChI=1S/C15H21NO3/c1-2-7-16-11-3-4-12(8-11)19-13-5-6-14-15(9-13)18-10-17-14/h5-6,9,11-12,16H,2-4,7-8,10H2,1H3. The molecular formula is C15H21NO3. The highest BCUT2D eigenvalue weighted by molar-refractivity contribution is 5.46. The van der Waals surface area contributed by atoms with Crippen LogP contribution in [0.3, 0.4) is 0 Å². The summed E-state index contributed by atoms with van der Waals surface area (Å²) in [6, 6.07) is 6.41. The molecule has 1 aromatic carbocycles. The number of hydrogen-bond donors (Lipinski definition) is 1. The molecular weight excluding hydrogens is 242 g/mol. The van der Waals surface area contributed by atoms with Gasteiger partial charge in [-0.25, -0.2) is 0 Å². The molecule has 104 valence electrons. The quantitative estimate of drug-likeness (QED) is 0.886. The average Bonchev–Trinajstić information content (AvgIpc) is 3.05. The molecule has 0 aromatic heterocycles. The smallest absolute Gasteiger partial charge is 0.231 e. The fourth-order valence-electron chi connectivity index (χ4n) is 2.72. The van der Waals surface area contributed by atoms with Crippen LogP contribution in [-0.2, 0) is 0 Å². The molecule has 1 fully saturated rings. The van der Waals surface area contributed by atoms with Crippen molar-refractivity contribution in [2.75, 3.05) is 13.3 Å². The molecule has 0 spiro atoms. The molecule has 19 heavy (non-hydrogen) atoms. The van der Waals surface area contributed by atoms with Gasteiger partial charge in [-0.3, -0.25) is 0 Å². The molecule has 2 aliphatic rings. The van der Waals surface area contributed by atoms with Crippen LogP contribution in [0, 0.1) is 0 Å². The average molecular weight is 263 g/mol. The summed E-state index contributed by atoms with van der Waals surface area (Å²) in [6.45, 7) is 3.61. The predicted molar refractivity (Wildman–Crippen MR) is 72.9 cm³/mol. The molecule has 0 saturated heterocycles. The first-order chi connectivity index (χ1) is 9.35. The minimum atomic E-state index is 0.311. The number of ether oxygens (including phenoxy) is 3. The zero-order valence-electron chi connectivity index (χ0n) is 11.4. The van der Waals surface area contributed by atoms with E-state index >= 15 is 0 Å². The van der Waals surface area contributed by atoms with Gasteiger partial charge >= 0.3 is 0 Å². The van der Waals surface area contributed by atoms with Gasteiger partial charge in [-0.1, -0.05) is 6.92 Å². The van der Waals surface area contributed by atoms with E-state index in [1.165, 1.54) is 12.8 Å². The van der Waals surface area contributed by atoms with Gasteiger partial charge in [0.15, 0.2) is 11.5 Å². The highest BCUT2D eigenvalue weighted by Gasteiger charge is 2.26. The first-order valence-electron chi connectivity index (χ1n) is 7.15. The van der Waals surface area contributed by atoms with E-state index in [2.05, 4.69) is 12.2 Å². The second-order valence-electron chi connectivity index (χ2n) is 5.22. The second kappa shape index (κ2) is 5.70. The maximum Gasteiger partial charge on any atom is 0.231 e. The van der Waals surface area contributed by atoms with Gasteiger partial charge in [0.2, 0.25) is 6.79 Å².